The third kappa shape index (κ3) is 7.26. The molecule has 38 heavy (non-hydrogen) atoms. The summed E-state index contributed by atoms with van der Waals surface area (Å²) in [6, 6.07) is 19.2. The highest BCUT2D eigenvalue weighted by Gasteiger charge is 2.20. The molecule has 2 amide bonds. The highest BCUT2D eigenvalue weighted by atomic mass is 32.2. The van der Waals surface area contributed by atoms with Crippen molar-refractivity contribution in [3.8, 4) is 11.3 Å². The Morgan fingerprint density at radius 2 is 1.68 bits per heavy atom. The summed E-state index contributed by atoms with van der Waals surface area (Å²) < 4.78 is 24.8. The quantitative estimate of drug-likeness (QED) is 0.328. The van der Waals surface area contributed by atoms with E-state index in [1.54, 1.807) is 26.0 Å². The van der Waals surface area contributed by atoms with E-state index in [1.165, 1.54) is 24.3 Å². The van der Waals surface area contributed by atoms with Gasteiger partial charge in [0, 0.05) is 11.1 Å². The summed E-state index contributed by atoms with van der Waals surface area (Å²) >= 11 is 0. The van der Waals surface area contributed by atoms with Gasteiger partial charge in [-0.05, 0) is 74.7 Å². The van der Waals surface area contributed by atoms with Crippen molar-refractivity contribution in [2.24, 2.45) is 0 Å². The lowest BCUT2D eigenvalue weighted by Crippen LogP contribution is -2.33. The molecule has 0 bridgehead atoms. The third-order valence-corrected chi connectivity index (χ3v) is 7.89. The van der Waals surface area contributed by atoms with Crippen LogP contribution in [0.25, 0.3) is 16.8 Å². The molecule has 0 radical (unpaired) electrons. The maximum atomic E-state index is 12.6. The van der Waals surface area contributed by atoms with Gasteiger partial charge in [0.15, 0.2) is 9.84 Å². The van der Waals surface area contributed by atoms with Gasteiger partial charge in [0.25, 0.3) is 5.91 Å². The lowest BCUT2D eigenvalue weighted by molar-refractivity contribution is -0.115. The topological polar surface area (TPSA) is 105 Å². The zero-order valence-electron chi connectivity index (χ0n) is 22.1. The van der Waals surface area contributed by atoms with Gasteiger partial charge in [-0.1, -0.05) is 55.5 Å². The second kappa shape index (κ2) is 13.0. The number of carbonyl (C=O) groups is 2. The highest BCUT2D eigenvalue weighted by Crippen LogP contribution is 2.25. The Balaban J connectivity index is 1.68. The molecule has 8 heteroatoms. The fourth-order valence-corrected chi connectivity index (χ4v) is 4.84. The van der Waals surface area contributed by atoms with E-state index >= 15 is 0 Å². The minimum absolute atomic E-state index is 0.0673. The molecule has 0 atom stereocenters. The van der Waals surface area contributed by atoms with E-state index in [9.17, 15) is 18.0 Å². The van der Waals surface area contributed by atoms with Gasteiger partial charge in [0.1, 0.15) is 5.82 Å². The van der Waals surface area contributed by atoms with Crippen molar-refractivity contribution in [3.05, 3.63) is 96.1 Å². The highest BCUT2D eigenvalue weighted by molar-refractivity contribution is 7.92. The molecule has 3 aromatic rings. The first-order valence-corrected chi connectivity index (χ1v) is 14.0. The number of carbonyl (C=O) groups excluding carboxylic acids is 2. The molecule has 0 spiro atoms. The number of benzene rings is 2. The van der Waals surface area contributed by atoms with Crippen LogP contribution in [-0.4, -0.2) is 37.0 Å². The van der Waals surface area contributed by atoms with Gasteiger partial charge >= 0.3 is 0 Å². The van der Waals surface area contributed by atoms with Gasteiger partial charge in [-0.3, -0.25) is 9.59 Å². The molecular formula is C30H33N3O4S. The Labute approximate surface area is 224 Å². The third-order valence-electron chi connectivity index (χ3n) is 5.73. The van der Waals surface area contributed by atoms with Crippen molar-refractivity contribution >= 4 is 33.0 Å². The van der Waals surface area contributed by atoms with Gasteiger partial charge in [0.05, 0.1) is 22.4 Å². The van der Waals surface area contributed by atoms with E-state index in [0.29, 0.717) is 11.5 Å². The van der Waals surface area contributed by atoms with E-state index in [1.807, 2.05) is 37.3 Å². The molecule has 2 aromatic carbocycles. The van der Waals surface area contributed by atoms with Crippen LogP contribution in [-0.2, 0) is 14.6 Å². The van der Waals surface area contributed by atoms with Crippen molar-refractivity contribution in [3.63, 3.8) is 0 Å². The summed E-state index contributed by atoms with van der Waals surface area (Å²) in [6.07, 6.45) is 7.16. The molecule has 7 nitrogen and oxygen atoms in total. The fraction of sp³-hybridized carbons (Fsp3) is 0.233. The van der Waals surface area contributed by atoms with E-state index < -0.39 is 26.9 Å². The molecule has 0 unspecified atom stereocenters. The van der Waals surface area contributed by atoms with Crippen molar-refractivity contribution in [2.45, 2.75) is 44.3 Å². The number of anilines is 1. The largest absolute Gasteiger partial charge is 0.343 e. The van der Waals surface area contributed by atoms with Crippen molar-refractivity contribution in [1.29, 1.82) is 0 Å². The molecule has 0 fully saturated rings. The Hall–Kier alpha value is -4.04. The van der Waals surface area contributed by atoms with Gasteiger partial charge in [0.2, 0.25) is 5.91 Å². The van der Waals surface area contributed by atoms with E-state index in [2.05, 4.69) is 40.8 Å². The number of pyridine rings is 1. The molecule has 0 saturated carbocycles. The van der Waals surface area contributed by atoms with Crippen LogP contribution in [0.2, 0.25) is 0 Å². The average molecular weight is 532 g/mol. The minimum Gasteiger partial charge on any atom is -0.343 e. The normalized spacial score (nSPS) is 12.1. The predicted octanol–water partition coefficient (Wildman–Crippen LogP) is 5.67. The summed E-state index contributed by atoms with van der Waals surface area (Å²) in [5.74, 6) is -0.643. The van der Waals surface area contributed by atoms with Crippen LogP contribution in [0.4, 0.5) is 5.82 Å². The summed E-state index contributed by atoms with van der Waals surface area (Å²) in [6.45, 7) is 6.94. The Bertz CT molecular complexity index is 1470. The predicted molar refractivity (Wildman–Crippen MR) is 152 cm³/mol. The summed E-state index contributed by atoms with van der Waals surface area (Å²) in [5.41, 5.74) is 3.98. The van der Waals surface area contributed by atoms with Gasteiger partial charge in [-0.2, -0.15) is 0 Å². The Morgan fingerprint density at radius 3 is 2.39 bits per heavy atom. The second-order valence-electron chi connectivity index (χ2n) is 8.91. The first-order chi connectivity index (χ1) is 18.1. The number of allylic oxidation sites excluding steroid dienone is 4. The number of nitrogens with zero attached hydrogens (tertiary/aromatic N) is 1. The van der Waals surface area contributed by atoms with Crippen molar-refractivity contribution in [2.75, 3.05) is 11.9 Å². The first kappa shape index (κ1) is 28.5. The molecule has 3 rings (SSSR count). The maximum absolute atomic E-state index is 12.6. The molecule has 0 saturated heterocycles. The fourth-order valence-electron chi connectivity index (χ4n) is 3.74. The maximum Gasteiger partial charge on any atom is 0.251 e. The van der Waals surface area contributed by atoms with Crippen molar-refractivity contribution < 1.29 is 18.0 Å². The molecular weight excluding hydrogens is 498 g/mol. The zero-order chi connectivity index (χ0) is 27.7. The number of rotatable bonds is 10. The lowest BCUT2D eigenvalue weighted by Gasteiger charge is -2.11. The van der Waals surface area contributed by atoms with Crippen molar-refractivity contribution in [1.82, 2.24) is 10.3 Å². The van der Waals surface area contributed by atoms with Gasteiger partial charge in [-0.25, -0.2) is 13.4 Å². The number of aromatic nitrogens is 1. The van der Waals surface area contributed by atoms with Crippen LogP contribution in [0.15, 0.2) is 89.9 Å². The van der Waals surface area contributed by atoms with Crippen LogP contribution < -0.4 is 10.6 Å². The van der Waals surface area contributed by atoms with Crippen LogP contribution in [0, 0.1) is 0 Å². The molecule has 1 aromatic heterocycles. The molecule has 0 aliphatic carbocycles. The SMILES string of the molecule is C/C=C\C(=C/CC)c1cccc(-c2cccc(NC(=O)CNC(=O)c3cccc(S(=O)(=O)C(C)C)c3)n2)c1. The second-order valence-corrected chi connectivity index (χ2v) is 11.4. The lowest BCUT2D eigenvalue weighted by atomic mass is 10.0. The first-order valence-electron chi connectivity index (χ1n) is 12.5. The van der Waals surface area contributed by atoms with E-state index in [-0.39, 0.29) is 17.0 Å². The Morgan fingerprint density at radius 1 is 0.974 bits per heavy atom. The Kier molecular flexibility index (Phi) is 9.73. The summed E-state index contributed by atoms with van der Waals surface area (Å²) in [4.78, 5) is 29.7. The number of hydrogen-bond acceptors (Lipinski definition) is 5. The molecule has 198 valence electrons. The monoisotopic (exact) mass is 531 g/mol. The van der Waals surface area contributed by atoms with Crippen LogP contribution in [0.3, 0.4) is 0 Å². The number of amides is 2. The van der Waals surface area contributed by atoms with Crippen LogP contribution >= 0.6 is 0 Å². The number of hydrogen-bond donors (Lipinski definition) is 2. The summed E-state index contributed by atoms with van der Waals surface area (Å²) in [5, 5.41) is 4.62. The molecule has 2 N–H and O–H groups in total. The van der Waals surface area contributed by atoms with Gasteiger partial charge in [-0.15, -0.1) is 0 Å². The van der Waals surface area contributed by atoms with E-state index in [0.717, 1.165) is 23.1 Å². The average Bonchev–Trinajstić information content (AvgIpc) is 2.92. The molecule has 0 aliphatic rings. The molecule has 1 heterocycles. The standard InChI is InChI=1S/C30H33N3O4S/c1-5-10-22(11-6-2)23-12-7-13-24(18-23)27-16-9-17-28(32-27)33-29(34)20-31-30(35)25-14-8-15-26(19-25)38(36,37)21(3)4/h5,7-19,21H,6,20H2,1-4H3,(H,31,35)(H,32,33,34)/b10-5-,22-11+. The smallest absolute Gasteiger partial charge is 0.251 e. The van der Waals surface area contributed by atoms with Gasteiger partial charge < -0.3 is 10.6 Å². The van der Waals surface area contributed by atoms with Crippen LogP contribution in [0.5, 0.6) is 0 Å². The van der Waals surface area contributed by atoms with Crippen LogP contribution in [0.1, 0.15) is 50.0 Å². The molecule has 0 aliphatic heterocycles. The number of sulfone groups is 1. The van der Waals surface area contributed by atoms with E-state index in [4.69, 9.17) is 0 Å². The minimum atomic E-state index is -3.52. The number of nitrogens with one attached hydrogen (secondary N) is 2. The zero-order valence-corrected chi connectivity index (χ0v) is 22.9. The summed E-state index contributed by atoms with van der Waals surface area (Å²) in [7, 11) is -3.52.